The van der Waals surface area contributed by atoms with Crippen molar-refractivity contribution in [3.8, 4) is 67.5 Å². The lowest BCUT2D eigenvalue weighted by molar-refractivity contribution is 0.373. The highest BCUT2D eigenvalue weighted by molar-refractivity contribution is 5.87. The molecule has 0 bridgehead atoms. The molecule has 0 radical (unpaired) electrons. The van der Waals surface area contributed by atoms with Crippen molar-refractivity contribution in [3.63, 3.8) is 0 Å². The van der Waals surface area contributed by atoms with Crippen molar-refractivity contribution < 1.29 is 0 Å². The minimum absolute atomic E-state index is 0.187. The van der Waals surface area contributed by atoms with Crippen LogP contribution in [0.25, 0.3) is 67.5 Å². The minimum atomic E-state index is -0.187. The average molecular weight is 686 g/mol. The third-order valence-electron chi connectivity index (χ3n) is 11.6. The van der Waals surface area contributed by atoms with E-state index in [0.29, 0.717) is 29.3 Å². The Labute approximate surface area is 313 Å². The van der Waals surface area contributed by atoms with Gasteiger partial charge in [0.15, 0.2) is 17.5 Å². The van der Waals surface area contributed by atoms with E-state index in [-0.39, 0.29) is 5.41 Å². The van der Waals surface area contributed by atoms with Gasteiger partial charge in [-0.25, -0.2) is 15.0 Å². The molecule has 0 aliphatic heterocycles. The molecular weight excluding hydrogens is 643 g/mol. The molecule has 3 nitrogen and oxygen atoms in total. The van der Waals surface area contributed by atoms with Gasteiger partial charge in [-0.15, -0.1) is 0 Å². The van der Waals surface area contributed by atoms with Gasteiger partial charge in [0.25, 0.3) is 0 Å². The normalized spacial score (nSPS) is 19.0. The fourth-order valence-corrected chi connectivity index (χ4v) is 8.76. The summed E-state index contributed by atoms with van der Waals surface area (Å²) in [7, 11) is 0. The second-order valence-corrected chi connectivity index (χ2v) is 15.0. The van der Waals surface area contributed by atoms with Gasteiger partial charge < -0.3 is 0 Å². The second-order valence-electron chi connectivity index (χ2n) is 15.0. The summed E-state index contributed by atoms with van der Waals surface area (Å²) in [6, 6.07) is 54.1. The van der Waals surface area contributed by atoms with E-state index in [1.165, 1.54) is 40.7 Å². The van der Waals surface area contributed by atoms with Gasteiger partial charge in [0.2, 0.25) is 0 Å². The Bertz CT molecular complexity index is 2410. The van der Waals surface area contributed by atoms with Crippen LogP contribution in [0.3, 0.4) is 0 Å². The number of aromatic nitrogens is 3. The molecule has 0 amide bonds. The zero-order valence-corrected chi connectivity index (χ0v) is 30.6. The van der Waals surface area contributed by atoms with Gasteiger partial charge in [-0.2, -0.15) is 0 Å². The Balaban J connectivity index is 1.24. The molecule has 0 fully saturated rings. The molecule has 3 unspecified atom stereocenters. The highest BCUT2D eigenvalue weighted by Crippen LogP contribution is 2.56. The Hall–Kier alpha value is -5.93. The number of fused-ring (bicyclic) bond motifs is 3. The van der Waals surface area contributed by atoms with Crippen molar-refractivity contribution in [2.45, 2.75) is 45.4 Å². The molecule has 3 heteroatoms. The first kappa shape index (κ1) is 32.9. The van der Waals surface area contributed by atoms with Crippen LogP contribution in [0.1, 0.15) is 51.2 Å². The summed E-state index contributed by atoms with van der Waals surface area (Å²) in [5.74, 6) is 3.27. The zero-order valence-electron chi connectivity index (χ0n) is 30.6. The predicted molar refractivity (Wildman–Crippen MR) is 219 cm³/mol. The van der Waals surface area contributed by atoms with Crippen LogP contribution in [-0.4, -0.2) is 15.0 Å². The molecule has 7 aromatic rings. The number of benzene rings is 6. The van der Waals surface area contributed by atoms with Gasteiger partial charge in [-0.05, 0) is 100 Å². The van der Waals surface area contributed by atoms with E-state index in [4.69, 9.17) is 15.0 Å². The molecule has 0 N–H and O–H groups in total. The first-order chi connectivity index (χ1) is 26.0. The summed E-state index contributed by atoms with van der Waals surface area (Å²) in [5, 5.41) is 0. The van der Waals surface area contributed by atoms with Crippen molar-refractivity contribution in [2.75, 3.05) is 0 Å². The van der Waals surface area contributed by atoms with E-state index < -0.39 is 0 Å². The highest BCUT2D eigenvalue weighted by Gasteiger charge is 2.43. The SMILES string of the molecule is CCC1CC(C2(C)c3ccccc3-c3ccc(-c4cc(-c5ccccc5)cc(-c5nc(-c6ccccc6)nc(-c6ccccc6)n5)c4)cc32)=CC(C)C1. The van der Waals surface area contributed by atoms with Gasteiger partial charge in [0.05, 0.1) is 0 Å². The summed E-state index contributed by atoms with van der Waals surface area (Å²) in [6.07, 6.45) is 6.23. The Morgan fingerprint density at radius 2 is 1.02 bits per heavy atom. The zero-order chi connectivity index (χ0) is 35.9. The largest absolute Gasteiger partial charge is 0.208 e. The number of nitrogens with zero attached hydrogens (tertiary/aromatic N) is 3. The van der Waals surface area contributed by atoms with Crippen LogP contribution in [0.2, 0.25) is 0 Å². The molecule has 0 saturated carbocycles. The van der Waals surface area contributed by atoms with Gasteiger partial charge in [-0.3, -0.25) is 0 Å². The summed E-state index contributed by atoms with van der Waals surface area (Å²) >= 11 is 0. The predicted octanol–water partition coefficient (Wildman–Crippen LogP) is 12.9. The Morgan fingerprint density at radius 3 is 1.64 bits per heavy atom. The Morgan fingerprint density at radius 1 is 0.509 bits per heavy atom. The van der Waals surface area contributed by atoms with Crippen LogP contribution in [0.15, 0.2) is 163 Å². The summed E-state index contributed by atoms with van der Waals surface area (Å²) in [5.41, 5.74) is 14.4. The second kappa shape index (κ2) is 13.6. The summed E-state index contributed by atoms with van der Waals surface area (Å²) in [6.45, 7) is 7.23. The molecule has 0 saturated heterocycles. The standard InChI is InChI=1S/C50H43N3/c1-4-34-26-33(2)27-42(28-34)50(3)45-23-15-14-22-43(45)44-25-24-38(32-46(44)50)40-29-39(35-16-8-5-9-17-35)30-41(31-40)49-52-47(36-18-10-6-11-19-36)51-48(53-49)37-20-12-7-13-21-37/h5-25,27,29-34H,4,26,28H2,1-3H3. The third kappa shape index (κ3) is 6.00. The Kier molecular flexibility index (Phi) is 8.43. The topological polar surface area (TPSA) is 38.7 Å². The molecule has 9 rings (SSSR count). The van der Waals surface area contributed by atoms with E-state index in [2.05, 4.69) is 142 Å². The fourth-order valence-electron chi connectivity index (χ4n) is 8.76. The number of hydrogen-bond donors (Lipinski definition) is 0. The summed E-state index contributed by atoms with van der Waals surface area (Å²) in [4.78, 5) is 15.2. The van der Waals surface area contributed by atoms with Crippen LogP contribution >= 0.6 is 0 Å². The number of rotatable bonds is 7. The smallest absolute Gasteiger partial charge is 0.164 e. The molecule has 2 aliphatic carbocycles. The average Bonchev–Trinajstić information content (AvgIpc) is 3.49. The van der Waals surface area contributed by atoms with Gasteiger partial charge in [0.1, 0.15) is 0 Å². The van der Waals surface area contributed by atoms with Gasteiger partial charge >= 0.3 is 0 Å². The lowest BCUT2D eigenvalue weighted by Gasteiger charge is -2.37. The third-order valence-corrected chi connectivity index (χ3v) is 11.6. The van der Waals surface area contributed by atoms with Crippen molar-refractivity contribution in [1.82, 2.24) is 15.0 Å². The maximum absolute atomic E-state index is 5.13. The maximum Gasteiger partial charge on any atom is 0.164 e. The molecule has 53 heavy (non-hydrogen) atoms. The van der Waals surface area contributed by atoms with Crippen molar-refractivity contribution >= 4 is 0 Å². The molecular formula is C50H43N3. The van der Waals surface area contributed by atoms with E-state index in [1.807, 2.05) is 36.4 Å². The van der Waals surface area contributed by atoms with Gasteiger partial charge in [-0.1, -0.05) is 159 Å². The minimum Gasteiger partial charge on any atom is -0.208 e. The maximum atomic E-state index is 5.13. The monoisotopic (exact) mass is 685 g/mol. The molecule has 258 valence electrons. The highest BCUT2D eigenvalue weighted by atomic mass is 15.0. The van der Waals surface area contributed by atoms with Crippen molar-refractivity contribution in [1.29, 1.82) is 0 Å². The van der Waals surface area contributed by atoms with E-state index in [0.717, 1.165) is 39.8 Å². The van der Waals surface area contributed by atoms with Crippen LogP contribution in [-0.2, 0) is 5.41 Å². The van der Waals surface area contributed by atoms with Crippen LogP contribution in [0.5, 0.6) is 0 Å². The summed E-state index contributed by atoms with van der Waals surface area (Å²) < 4.78 is 0. The van der Waals surface area contributed by atoms with E-state index >= 15 is 0 Å². The number of hydrogen-bond acceptors (Lipinski definition) is 3. The molecule has 0 spiro atoms. The van der Waals surface area contributed by atoms with Crippen LogP contribution in [0.4, 0.5) is 0 Å². The molecule has 1 heterocycles. The van der Waals surface area contributed by atoms with E-state index in [9.17, 15) is 0 Å². The van der Waals surface area contributed by atoms with Crippen LogP contribution < -0.4 is 0 Å². The van der Waals surface area contributed by atoms with Crippen molar-refractivity contribution in [2.24, 2.45) is 11.8 Å². The number of allylic oxidation sites excluding steroid dienone is 2. The van der Waals surface area contributed by atoms with Crippen LogP contribution in [0, 0.1) is 11.8 Å². The molecule has 6 aromatic carbocycles. The quantitative estimate of drug-likeness (QED) is 0.157. The first-order valence-corrected chi connectivity index (χ1v) is 19.0. The van der Waals surface area contributed by atoms with Gasteiger partial charge in [0, 0.05) is 22.1 Å². The van der Waals surface area contributed by atoms with E-state index in [1.54, 1.807) is 5.57 Å². The molecule has 3 atom stereocenters. The molecule has 1 aromatic heterocycles. The lowest BCUT2D eigenvalue weighted by Crippen LogP contribution is -2.28. The first-order valence-electron chi connectivity index (χ1n) is 19.0. The lowest BCUT2D eigenvalue weighted by atomic mass is 9.66. The van der Waals surface area contributed by atoms with Crippen molar-refractivity contribution in [3.05, 3.63) is 174 Å². The molecule has 2 aliphatic rings. The fraction of sp³-hybridized carbons (Fsp3) is 0.180.